The first-order valence-corrected chi connectivity index (χ1v) is 9.69. The van der Waals surface area contributed by atoms with Gasteiger partial charge in [-0.2, -0.15) is 0 Å². The summed E-state index contributed by atoms with van der Waals surface area (Å²) in [7, 11) is 1.74. The zero-order valence-electron chi connectivity index (χ0n) is 16.3. The highest BCUT2D eigenvalue weighted by atomic mass is 16.8. The van der Waals surface area contributed by atoms with Crippen molar-refractivity contribution in [3.8, 4) is 0 Å². The predicted octanol–water partition coefficient (Wildman–Crippen LogP) is 4.29. The first-order valence-electron chi connectivity index (χ1n) is 9.69. The molecular formula is C21H32O4. The molecular weight excluding hydrogens is 316 g/mol. The second-order valence-corrected chi connectivity index (χ2v) is 8.86. The summed E-state index contributed by atoms with van der Waals surface area (Å²) in [5.41, 5.74) is 2.20. The molecule has 3 saturated heterocycles. The molecule has 3 aliphatic heterocycles. The molecule has 0 amide bonds. The molecule has 25 heavy (non-hydrogen) atoms. The van der Waals surface area contributed by atoms with Gasteiger partial charge in [0.25, 0.3) is 0 Å². The standard InChI is InChI=1S/C21H32O4/c1-15-7-6-11-18(3)17(24-18)9-8-16(2)13-21(22-5)20(12-10-15)19(4,25-20)14-23-21/h7,13,17H,6,8-12,14H2,1-5H3/b15-7+,16-13+/t17-,18-,19+,20+,21-/m0/s1. The van der Waals surface area contributed by atoms with Gasteiger partial charge in [-0.05, 0) is 72.3 Å². The number of methoxy groups -OCH3 is 1. The molecule has 140 valence electrons. The van der Waals surface area contributed by atoms with E-state index in [9.17, 15) is 0 Å². The lowest BCUT2D eigenvalue weighted by molar-refractivity contribution is -0.219. The molecule has 0 radical (unpaired) electrons. The summed E-state index contributed by atoms with van der Waals surface area (Å²) in [6, 6.07) is 0. The minimum Gasteiger partial charge on any atom is -0.366 e. The molecule has 0 aromatic rings. The third kappa shape index (κ3) is 2.64. The monoisotopic (exact) mass is 348 g/mol. The first-order chi connectivity index (χ1) is 11.8. The van der Waals surface area contributed by atoms with E-state index in [-0.39, 0.29) is 16.8 Å². The number of fused-ring (bicyclic) bond motifs is 1. The van der Waals surface area contributed by atoms with Crippen molar-refractivity contribution in [2.75, 3.05) is 13.7 Å². The Bertz CT molecular complexity index is 625. The van der Waals surface area contributed by atoms with Crippen molar-refractivity contribution in [3.63, 3.8) is 0 Å². The van der Waals surface area contributed by atoms with Crippen LogP contribution in [0.2, 0.25) is 0 Å². The van der Waals surface area contributed by atoms with Gasteiger partial charge in [-0.25, -0.2) is 0 Å². The summed E-state index contributed by atoms with van der Waals surface area (Å²) >= 11 is 0. The molecule has 4 rings (SSSR count). The Morgan fingerprint density at radius 3 is 2.64 bits per heavy atom. The van der Waals surface area contributed by atoms with Crippen LogP contribution in [-0.2, 0) is 18.9 Å². The fraction of sp³-hybridized carbons (Fsp3) is 0.810. The number of ether oxygens (including phenoxy) is 4. The molecule has 0 aromatic heterocycles. The van der Waals surface area contributed by atoms with Crippen molar-refractivity contribution >= 4 is 0 Å². The zero-order chi connectivity index (χ0) is 17.9. The van der Waals surface area contributed by atoms with Crippen LogP contribution in [0.5, 0.6) is 0 Å². The Morgan fingerprint density at radius 1 is 1.12 bits per heavy atom. The van der Waals surface area contributed by atoms with Crippen molar-refractivity contribution in [2.24, 2.45) is 0 Å². The van der Waals surface area contributed by atoms with Crippen molar-refractivity contribution in [1.82, 2.24) is 0 Å². The molecule has 0 bridgehead atoms. The van der Waals surface area contributed by atoms with Crippen LogP contribution in [0.15, 0.2) is 23.3 Å². The van der Waals surface area contributed by atoms with Crippen molar-refractivity contribution < 1.29 is 18.9 Å². The molecule has 1 aliphatic carbocycles. The van der Waals surface area contributed by atoms with Gasteiger partial charge in [-0.15, -0.1) is 0 Å². The van der Waals surface area contributed by atoms with Crippen molar-refractivity contribution in [1.29, 1.82) is 0 Å². The third-order valence-corrected chi connectivity index (χ3v) is 6.92. The van der Waals surface area contributed by atoms with Gasteiger partial charge in [0.15, 0.2) is 5.60 Å². The second-order valence-electron chi connectivity index (χ2n) is 8.86. The van der Waals surface area contributed by atoms with E-state index in [4.69, 9.17) is 18.9 Å². The van der Waals surface area contributed by atoms with Crippen molar-refractivity contribution in [2.45, 2.75) is 94.9 Å². The fourth-order valence-corrected chi connectivity index (χ4v) is 4.95. The lowest BCUT2D eigenvalue weighted by Gasteiger charge is -2.32. The summed E-state index contributed by atoms with van der Waals surface area (Å²) in [6.07, 6.45) is 11.1. The Kier molecular flexibility index (Phi) is 4.01. The maximum Gasteiger partial charge on any atom is 0.221 e. The van der Waals surface area contributed by atoms with E-state index < -0.39 is 5.79 Å². The molecule has 0 unspecified atom stereocenters. The van der Waals surface area contributed by atoms with Gasteiger partial charge in [0.05, 0.1) is 18.3 Å². The molecule has 0 aromatic carbocycles. The largest absolute Gasteiger partial charge is 0.366 e. The smallest absolute Gasteiger partial charge is 0.221 e. The molecule has 0 saturated carbocycles. The van der Waals surface area contributed by atoms with Gasteiger partial charge in [-0.1, -0.05) is 17.2 Å². The number of hydrogen-bond acceptors (Lipinski definition) is 4. The van der Waals surface area contributed by atoms with Gasteiger partial charge in [-0.3, -0.25) is 0 Å². The van der Waals surface area contributed by atoms with Crippen LogP contribution < -0.4 is 0 Å². The van der Waals surface area contributed by atoms with Gasteiger partial charge in [0.1, 0.15) is 5.60 Å². The summed E-state index contributed by atoms with van der Waals surface area (Å²) in [5, 5.41) is 0. The van der Waals surface area contributed by atoms with Crippen LogP contribution in [0.1, 0.15) is 66.2 Å². The number of hydrogen-bond donors (Lipinski definition) is 0. The molecule has 5 atom stereocenters. The van der Waals surface area contributed by atoms with E-state index in [1.165, 1.54) is 11.1 Å². The minimum atomic E-state index is -0.760. The summed E-state index contributed by atoms with van der Waals surface area (Å²) in [4.78, 5) is 0. The van der Waals surface area contributed by atoms with E-state index >= 15 is 0 Å². The van der Waals surface area contributed by atoms with Gasteiger partial charge >= 0.3 is 0 Å². The Hall–Kier alpha value is -0.680. The molecule has 0 N–H and O–H groups in total. The minimum absolute atomic E-state index is 0.0728. The molecule has 3 heterocycles. The van der Waals surface area contributed by atoms with E-state index in [1.807, 2.05) is 0 Å². The van der Waals surface area contributed by atoms with E-state index in [1.54, 1.807) is 7.11 Å². The average molecular weight is 348 g/mol. The SMILES string of the molecule is CO[C@]12/C=C(\C)CC[C@@H]3O[C@@]3(C)CC/C=C(\C)CC[C@]13O[C@]3(C)CO2. The molecule has 3 fully saturated rings. The third-order valence-electron chi connectivity index (χ3n) is 6.92. The lowest BCUT2D eigenvalue weighted by atomic mass is 9.82. The van der Waals surface area contributed by atoms with Crippen LogP contribution in [0, 0.1) is 0 Å². The summed E-state index contributed by atoms with van der Waals surface area (Å²) in [6.45, 7) is 9.40. The Morgan fingerprint density at radius 2 is 1.92 bits per heavy atom. The van der Waals surface area contributed by atoms with Crippen LogP contribution in [0.4, 0.5) is 0 Å². The Balaban J connectivity index is 1.63. The number of rotatable bonds is 1. The van der Waals surface area contributed by atoms with Crippen LogP contribution in [0.3, 0.4) is 0 Å². The van der Waals surface area contributed by atoms with Crippen LogP contribution in [-0.4, -0.2) is 42.4 Å². The average Bonchev–Trinajstić information content (AvgIpc) is 3.38. The van der Waals surface area contributed by atoms with Crippen LogP contribution >= 0.6 is 0 Å². The Labute approximate surface area is 151 Å². The van der Waals surface area contributed by atoms with E-state index in [0.29, 0.717) is 12.7 Å². The molecule has 4 heteroatoms. The van der Waals surface area contributed by atoms with E-state index in [2.05, 4.69) is 39.8 Å². The maximum absolute atomic E-state index is 6.28. The zero-order valence-corrected chi connectivity index (χ0v) is 16.3. The van der Waals surface area contributed by atoms with Gasteiger partial charge in [0, 0.05) is 7.11 Å². The quantitative estimate of drug-likeness (QED) is 0.524. The van der Waals surface area contributed by atoms with Gasteiger partial charge < -0.3 is 18.9 Å². The number of allylic oxidation sites excluding steroid dienone is 3. The van der Waals surface area contributed by atoms with Gasteiger partial charge in [0.2, 0.25) is 5.79 Å². The predicted molar refractivity (Wildman–Crippen MR) is 96.4 cm³/mol. The highest BCUT2D eigenvalue weighted by Gasteiger charge is 2.81. The van der Waals surface area contributed by atoms with Crippen LogP contribution in [0.25, 0.3) is 0 Å². The highest BCUT2D eigenvalue weighted by molar-refractivity contribution is 5.32. The fourth-order valence-electron chi connectivity index (χ4n) is 4.95. The second kappa shape index (κ2) is 5.66. The first kappa shape index (κ1) is 17.7. The highest BCUT2D eigenvalue weighted by Crippen LogP contribution is 2.64. The topological polar surface area (TPSA) is 43.5 Å². The summed E-state index contributed by atoms with van der Waals surface area (Å²) in [5.74, 6) is -0.760. The maximum atomic E-state index is 6.28. The number of epoxide rings is 2. The lowest BCUT2D eigenvalue weighted by Crippen LogP contribution is -2.46. The molecule has 4 aliphatic rings. The normalized spacial score (nSPS) is 54.0. The summed E-state index contributed by atoms with van der Waals surface area (Å²) < 4.78 is 24.4. The molecule has 4 nitrogen and oxygen atoms in total. The molecule has 1 spiro atoms. The van der Waals surface area contributed by atoms with Crippen molar-refractivity contribution in [3.05, 3.63) is 23.3 Å². The van der Waals surface area contributed by atoms with E-state index in [0.717, 1.165) is 38.5 Å².